The van der Waals surface area contributed by atoms with Crippen molar-refractivity contribution in [3.63, 3.8) is 0 Å². The Kier molecular flexibility index (Phi) is 5.54. The Morgan fingerprint density at radius 1 is 1.11 bits per heavy atom. The molecule has 7 nitrogen and oxygen atoms in total. The number of nitrogens with one attached hydrogen (secondary N) is 3. The molecule has 3 amide bonds. The van der Waals surface area contributed by atoms with Crippen LogP contribution < -0.4 is 25.6 Å². The number of hydrogen-bond acceptors (Lipinski definition) is 4. The van der Waals surface area contributed by atoms with Gasteiger partial charge >= 0.3 is 6.03 Å². The zero-order valence-electron chi connectivity index (χ0n) is 16.4. The van der Waals surface area contributed by atoms with Crippen molar-refractivity contribution < 1.29 is 14.3 Å². The van der Waals surface area contributed by atoms with Crippen molar-refractivity contribution in [2.45, 2.75) is 13.0 Å². The summed E-state index contributed by atoms with van der Waals surface area (Å²) in [7, 11) is 5.46. The van der Waals surface area contributed by atoms with E-state index in [0.29, 0.717) is 22.7 Å². The van der Waals surface area contributed by atoms with E-state index in [0.717, 1.165) is 11.3 Å². The van der Waals surface area contributed by atoms with Crippen molar-refractivity contribution in [1.82, 2.24) is 10.6 Å². The predicted molar refractivity (Wildman–Crippen MR) is 110 cm³/mol. The van der Waals surface area contributed by atoms with Crippen molar-refractivity contribution >= 4 is 23.3 Å². The lowest BCUT2D eigenvalue weighted by Crippen LogP contribution is -2.46. The van der Waals surface area contributed by atoms with E-state index in [-0.39, 0.29) is 11.9 Å². The summed E-state index contributed by atoms with van der Waals surface area (Å²) in [4.78, 5) is 27.1. The van der Waals surface area contributed by atoms with Crippen molar-refractivity contribution in [2.75, 3.05) is 31.4 Å². The minimum atomic E-state index is -0.556. The maximum atomic E-state index is 13.1. The molecule has 1 heterocycles. The molecular weight excluding hydrogens is 356 g/mol. The summed E-state index contributed by atoms with van der Waals surface area (Å²) in [6.07, 6.45) is 0. The van der Waals surface area contributed by atoms with Gasteiger partial charge < -0.3 is 25.6 Å². The number of urea groups is 1. The van der Waals surface area contributed by atoms with Gasteiger partial charge in [-0.1, -0.05) is 24.3 Å². The average molecular weight is 380 g/mol. The first-order valence-electron chi connectivity index (χ1n) is 8.90. The van der Waals surface area contributed by atoms with E-state index in [2.05, 4.69) is 16.0 Å². The van der Waals surface area contributed by atoms with E-state index in [1.54, 1.807) is 26.2 Å². The van der Waals surface area contributed by atoms with E-state index >= 15 is 0 Å². The fourth-order valence-corrected chi connectivity index (χ4v) is 3.15. The highest BCUT2D eigenvalue weighted by molar-refractivity contribution is 6.07. The number of nitrogens with zero attached hydrogens (tertiary/aromatic N) is 1. The molecule has 7 heteroatoms. The normalized spacial score (nSPS) is 16.1. The van der Waals surface area contributed by atoms with Crippen LogP contribution in [0, 0.1) is 0 Å². The Morgan fingerprint density at radius 2 is 1.79 bits per heavy atom. The quantitative estimate of drug-likeness (QED) is 0.745. The molecule has 0 bridgehead atoms. The van der Waals surface area contributed by atoms with Crippen molar-refractivity contribution in [2.24, 2.45) is 0 Å². The van der Waals surface area contributed by atoms with E-state index in [1.165, 1.54) is 0 Å². The molecule has 28 heavy (non-hydrogen) atoms. The molecular formula is C21H24N4O3. The molecule has 0 fully saturated rings. The lowest BCUT2D eigenvalue weighted by molar-refractivity contribution is -0.113. The molecule has 0 spiro atoms. The standard InChI is InChI=1S/C21H24N4O3/c1-13-18(20(26)23-16-7-5-6-8-17(16)28-4)19(24-21(27)22-13)14-9-11-15(12-10-14)25(2)3/h5-12,19H,1-4H3,(H,23,26)(H2,22,24,27)/t19-/m0/s1. The third-order valence-electron chi connectivity index (χ3n) is 4.61. The third-order valence-corrected chi connectivity index (χ3v) is 4.61. The molecule has 0 aromatic heterocycles. The first-order chi connectivity index (χ1) is 13.4. The summed E-state index contributed by atoms with van der Waals surface area (Å²) < 4.78 is 5.30. The molecule has 0 aliphatic carbocycles. The van der Waals surface area contributed by atoms with Crippen LogP contribution in [0.3, 0.4) is 0 Å². The summed E-state index contributed by atoms with van der Waals surface area (Å²) in [6.45, 7) is 1.72. The Labute approximate surface area is 164 Å². The van der Waals surface area contributed by atoms with Gasteiger partial charge in [-0.2, -0.15) is 0 Å². The number of ether oxygens (including phenoxy) is 1. The van der Waals surface area contributed by atoms with Gasteiger partial charge in [0.1, 0.15) is 5.75 Å². The maximum Gasteiger partial charge on any atom is 0.319 e. The summed E-state index contributed by atoms with van der Waals surface area (Å²) in [5.74, 6) is 0.255. The van der Waals surface area contributed by atoms with Crippen LogP contribution in [-0.4, -0.2) is 33.1 Å². The minimum absolute atomic E-state index is 0.309. The number of anilines is 2. The molecule has 0 saturated heterocycles. The SMILES string of the molecule is COc1ccccc1NC(=O)C1=C(C)NC(=O)N[C@H]1c1ccc(N(C)C)cc1. The molecule has 146 valence electrons. The van der Waals surface area contributed by atoms with Gasteiger partial charge in [-0.3, -0.25) is 4.79 Å². The second-order valence-electron chi connectivity index (χ2n) is 6.71. The number of allylic oxidation sites excluding steroid dienone is 1. The van der Waals surface area contributed by atoms with Gasteiger partial charge in [0.2, 0.25) is 0 Å². The smallest absolute Gasteiger partial charge is 0.319 e. The van der Waals surface area contributed by atoms with E-state index < -0.39 is 6.04 Å². The van der Waals surface area contributed by atoms with Gasteiger partial charge in [0.25, 0.3) is 5.91 Å². The Hall–Kier alpha value is -3.48. The van der Waals surface area contributed by atoms with Crippen LogP contribution in [0.25, 0.3) is 0 Å². The number of amides is 3. The van der Waals surface area contributed by atoms with Gasteiger partial charge in [-0.25, -0.2) is 4.79 Å². The second kappa shape index (κ2) is 8.04. The number of benzene rings is 2. The maximum absolute atomic E-state index is 13.1. The zero-order valence-corrected chi connectivity index (χ0v) is 16.4. The van der Waals surface area contributed by atoms with Crippen LogP contribution in [0.5, 0.6) is 5.75 Å². The number of para-hydroxylation sites is 2. The fraction of sp³-hybridized carbons (Fsp3) is 0.238. The Balaban J connectivity index is 1.94. The first kappa shape index (κ1) is 19.3. The molecule has 3 N–H and O–H groups in total. The monoisotopic (exact) mass is 380 g/mol. The second-order valence-corrected chi connectivity index (χ2v) is 6.71. The molecule has 1 aliphatic rings. The largest absolute Gasteiger partial charge is 0.495 e. The summed E-state index contributed by atoms with van der Waals surface area (Å²) >= 11 is 0. The molecule has 2 aromatic rings. The molecule has 1 atom stereocenters. The predicted octanol–water partition coefficient (Wildman–Crippen LogP) is 3.03. The highest BCUT2D eigenvalue weighted by Gasteiger charge is 2.31. The highest BCUT2D eigenvalue weighted by Crippen LogP contribution is 2.30. The number of methoxy groups -OCH3 is 1. The summed E-state index contributed by atoms with van der Waals surface area (Å²) in [5.41, 5.74) is 3.38. The molecule has 0 unspecified atom stereocenters. The molecule has 1 aliphatic heterocycles. The van der Waals surface area contributed by atoms with Crippen LogP contribution in [0.2, 0.25) is 0 Å². The van der Waals surface area contributed by atoms with E-state index in [1.807, 2.05) is 55.4 Å². The van der Waals surface area contributed by atoms with Crippen molar-refractivity contribution in [3.05, 3.63) is 65.4 Å². The summed E-state index contributed by atoms with van der Waals surface area (Å²) in [6, 6.07) is 14.0. The van der Waals surface area contributed by atoms with E-state index in [9.17, 15) is 9.59 Å². The number of rotatable bonds is 5. The van der Waals surface area contributed by atoms with Crippen molar-refractivity contribution in [1.29, 1.82) is 0 Å². The van der Waals surface area contributed by atoms with E-state index in [4.69, 9.17) is 4.74 Å². The number of carbonyl (C=O) groups is 2. The number of carbonyl (C=O) groups excluding carboxylic acids is 2. The van der Waals surface area contributed by atoms with Gasteiger partial charge in [0.05, 0.1) is 24.4 Å². The zero-order chi connectivity index (χ0) is 20.3. The van der Waals surface area contributed by atoms with Crippen LogP contribution in [0.15, 0.2) is 59.8 Å². The van der Waals surface area contributed by atoms with Crippen LogP contribution in [-0.2, 0) is 4.79 Å². The third kappa shape index (κ3) is 3.93. The van der Waals surface area contributed by atoms with Crippen LogP contribution in [0.4, 0.5) is 16.2 Å². The first-order valence-corrected chi connectivity index (χ1v) is 8.90. The molecule has 0 saturated carbocycles. The summed E-state index contributed by atoms with van der Waals surface area (Å²) in [5, 5.41) is 8.41. The lowest BCUT2D eigenvalue weighted by atomic mass is 9.94. The van der Waals surface area contributed by atoms with Gasteiger partial charge in [0.15, 0.2) is 0 Å². The van der Waals surface area contributed by atoms with Gasteiger partial charge in [0, 0.05) is 25.5 Å². The highest BCUT2D eigenvalue weighted by atomic mass is 16.5. The fourth-order valence-electron chi connectivity index (χ4n) is 3.15. The minimum Gasteiger partial charge on any atom is -0.495 e. The lowest BCUT2D eigenvalue weighted by Gasteiger charge is -2.29. The van der Waals surface area contributed by atoms with Gasteiger partial charge in [-0.05, 0) is 36.8 Å². The molecule has 2 aromatic carbocycles. The Morgan fingerprint density at radius 3 is 2.43 bits per heavy atom. The topological polar surface area (TPSA) is 82.7 Å². The average Bonchev–Trinajstić information content (AvgIpc) is 2.67. The van der Waals surface area contributed by atoms with Crippen molar-refractivity contribution in [3.8, 4) is 5.75 Å². The van der Waals surface area contributed by atoms with Crippen LogP contribution in [0.1, 0.15) is 18.5 Å². The molecule has 0 radical (unpaired) electrons. The Bertz CT molecular complexity index is 920. The van der Waals surface area contributed by atoms with Crippen LogP contribution >= 0.6 is 0 Å². The number of hydrogen-bond donors (Lipinski definition) is 3. The van der Waals surface area contributed by atoms with Gasteiger partial charge in [-0.15, -0.1) is 0 Å². The molecule has 3 rings (SSSR count).